The molecule has 0 amide bonds. The quantitative estimate of drug-likeness (QED) is 0.807. The maximum atomic E-state index is 5.20. The Morgan fingerprint density at radius 1 is 1.30 bits per heavy atom. The predicted octanol–water partition coefficient (Wildman–Crippen LogP) is 2.32. The maximum absolute atomic E-state index is 5.20. The number of nitrogens with one attached hydrogen (secondary N) is 1. The van der Waals surface area contributed by atoms with Crippen molar-refractivity contribution in [2.24, 2.45) is 0 Å². The molecule has 1 aliphatic rings. The Bertz CT molecular complexity index is 391. The summed E-state index contributed by atoms with van der Waals surface area (Å²) >= 11 is 0. The molecule has 0 aliphatic carbocycles. The second-order valence-electron chi connectivity index (χ2n) is 6.43. The lowest BCUT2D eigenvalue weighted by Crippen LogP contribution is -2.62. The minimum Gasteiger partial charge on any atom is -0.385 e. The van der Waals surface area contributed by atoms with Gasteiger partial charge in [0, 0.05) is 44.9 Å². The Morgan fingerprint density at radius 2 is 2.05 bits per heavy atom. The molecule has 1 aliphatic heterocycles. The molecule has 0 spiro atoms. The number of ether oxygens (including phenoxy) is 1. The van der Waals surface area contributed by atoms with E-state index in [0.29, 0.717) is 6.04 Å². The van der Waals surface area contributed by atoms with Crippen molar-refractivity contribution in [2.75, 3.05) is 33.4 Å². The van der Waals surface area contributed by atoms with Crippen molar-refractivity contribution in [3.8, 4) is 0 Å². The molecule has 3 nitrogen and oxygen atoms in total. The lowest BCUT2D eigenvalue weighted by molar-refractivity contribution is 0.0826. The predicted molar refractivity (Wildman–Crippen MR) is 84.1 cm³/mol. The van der Waals surface area contributed by atoms with Crippen LogP contribution in [0.2, 0.25) is 0 Å². The van der Waals surface area contributed by atoms with Crippen LogP contribution in [0.3, 0.4) is 0 Å². The molecule has 1 unspecified atom stereocenters. The molecule has 0 bridgehead atoms. The van der Waals surface area contributed by atoms with Crippen molar-refractivity contribution in [3.05, 3.63) is 35.9 Å². The smallest absolute Gasteiger partial charge is 0.0474 e. The molecule has 0 saturated carbocycles. The minimum absolute atomic E-state index is 0.209. The van der Waals surface area contributed by atoms with Gasteiger partial charge in [0.05, 0.1) is 0 Å². The standard InChI is InChI=1S/C17H28N2O/c1-17(2)14-19(10-7-11-20-3)16(13-18-17)12-15-8-5-4-6-9-15/h4-6,8-9,16,18H,7,10-14H2,1-3H3. The van der Waals surface area contributed by atoms with E-state index in [4.69, 9.17) is 4.74 Å². The van der Waals surface area contributed by atoms with Crippen LogP contribution in [0.1, 0.15) is 25.8 Å². The fourth-order valence-electron chi connectivity index (χ4n) is 2.98. The Kier molecular flexibility index (Phi) is 5.58. The first-order valence-corrected chi connectivity index (χ1v) is 7.63. The molecular weight excluding hydrogens is 248 g/mol. The SMILES string of the molecule is COCCCN1CC(C)(C)NCC1Cc1ccccc1. The Balaban J connectivity index is 1.97. The van der Waals surface area contributed by atoms with Crippen molar-refractivity contribution in [1.82, 2.24) is 10.2 Å². The van der Waals surface area contributed by atoms with Gasteiger partial charge in [-0.05, 0) is 32.3 Å². The first-order valence-electron chi connectivity index (χ1n) is 7.63. The van der Waals surface area contributed by atoms with Crippen molar-refractivity contribution >= 4 is 0 Å². The van der Waals surface area contributed by atoms with E-state index < -0.39 is 0 Å². The van der Waals surface area contributed by atoms with Crippen molar-refractivity contribution in [3.63, 3.8) is 0 Å². The number of piperazine rings is 1. The van der Waals surface area contributed by atoms with Crippen LogP contribution < -0.4 is 5.32 Å². The van der Waals surface area contributed by atoms with Crippen LogP contribution in [0.4, 0.5) is 0 Å². The highest BCUT2D eigenvalue weighted by molar-refractivity contribution is 5.16. The van der Waals surface area contributed by atoms with Crippen molar-refractivity contribution in [1.29, 1.82) is 0 Å². The van der Waals surface area contributed by atoms with E-state index in [-0.39, 0.29) is 5.54 Å². The van der Waals surface area contributed by atoms with Gasteiger partial charge in [0.1, 0.15) is 0 Å². The summed E-state index contributed by atoms with van der Waals surface area (Å²) in [5, 5.41) is 3.68. The number of nitrogens with zero attached hydrogens (tertiary/aromatic N) is 1. The van der Waals surface area contributed by atoms with E-state index >= 15 is 0 Å². The van der Waals surface area contributed by atoms with Gasteiger partial charge in [0.2, 0.25) is 0 Å². The van der Waals surface area contributed by atoms with E-state index in [9.17, 15) is 0 Å². The number of rotatable bonds is 6. The zero-order valence-corrected chi connectivity index (χ0v) is 13.1. The zero-order chi connectivity index (χ0) is 14.4. The molecule has 112 valence electrons. The second kappa shape index (κ2) is 7.21. The van der Waals surface area contributed by atoms with E-state index in [1.807, 2.05) is 0 Å². The molecule has 1 aromatic carbocycles. The van der Waals surface area contributed by atoms with Crippen LogP contribution in [0, 0.1) is 0 Å². The molecule has 1 aromatic rings. The van der Waals surface area contributed by atoms with E-state index in [1.165, 1.54) is 5.56 Å². The Hall–Kier alpha value is -0.900. The second-order valence-corrected chi connectivity index (χ2v) is 6.43. The molecule has 20 heavy (non-hydrogen) atoms. The third-order valence-electron chi connectivity index (χ3n) is 4.04. The average Bonchev–Trinajstić information content (AvgIpc) is 2.43. The number of methoxy groups -OCH3 is 1. The summed E-state index contributed by atoms with van der Waals surface area (Å²) in [6, 6.07) is 11.4. The van der Waals surface area contributed by atoms with E-state index in [1.54, 1.807) is 7.11 Å². The fraction of sp³-hybridized carbons (Fsp3) is 0.647. The molecular formula is C17H28N2O. The van der Waals surface area contributed by atoms with Gasteiger partial charge in [-0.1, -0.05) is 30.3 Å². The fourth-order valence-corrected chi connectivity index (χ4v) is 2.98. The van der Waals surface area contributed by atoms with E-state index in [2.05, 4.69) is 54.4 Å². The molecule has 1 fully saturated rings. The van der Waals surface area contributed by atoms with Crippen LogP contribution in [0.25, 0.3) is 0 Å². The topological polar surface area (TPSA) is 24.5 Å². The largest absolute Gasteiger partial charge is 0.385 e. The normalized spacial score (nSPS) is 22.9. The van der Waals surface area contributed by atoms with Gasteiger partial charge in [-0.2, -0.15) is 0 Å². The molecule has 0 radical (unpaired) electrons. The Labute approximate surface area is 123 Å². The highest BCUT2D eigenvalue weighted by atomic mass is 16.5. The lowest BCUT2D eigenvalue weighted by atomic mass is 9.95. The highest BCUT2D eigenvalue weighted by Gasteiger charge is 2.31. The number of hydrogen-bond donors (Lipinski definition) is 1. The summed E-state index contributed by atoms with van der Waals surface area (Å²) in [7, 11) is 1.78. The molecule has 1 atom stereocenters. The van der Waals surface area contributed by atoms with Gasteiger partial charge in [-0.25, -0.2) is 0 Å². The molecule has 1 heterocycles. The highest BCUT2D eigenvalue weighted by Crippen LogP contribution is 2.18. The Morgan fingerprint density at radius 3 is 2.75 bits per heavy atom. The van der Waals surface area contributed by atoms with Gasteiger partial charge in [0.15, 0.2) is 0 Å². The van der Waals surface area contributed by atoms with Gasteiger partial charge < -0.3 is 10.1 Å². The first kappa shape index (κ1) is 15.5. The van der Waals surface area contributed by atoms with Gasteiger partial charge in [-0.15, -0.1) is 0 Å². The van der Waals surface area contributed by atoms with Crippen molar-refractivity contribution in [2.45, 2.75) is 38.3 Å². The number of hydrogen-bond acceptors (Lipinski definition) is 3. The van der Waals surface area contributed by atoms with Crippen molar-refractivity contribution < 1.29 is 4.74 Å². The molecule has 1 N–H and O–H groups in total. The molecule has 2 rings (SSSR count). The summed E-state index contributed by atoms with van der Waals surface area (Å²) < 4.78 is 5.20. The van der Waals surface area contributed by atoms with Crippen LogP contribution in [0.5, 0.6) is 0 Å². The minimum atomic E-state index is 0.209. The summed E-state index contributed by atoms with van der Waals surface area (Å²) in [5.74, 6) is 0. The van der Waals surface area contributed by atoms with Crippen LogP contribution >= 0.6 is 0 Å². The van der Waals surface area contributed by atoms with E-state index in [0.717, 1.165) is 39.1 Å². The summed E-state index contributed by atoms with van der Waals surface area (Å²) in [4.78, 5) is 2.63. The summed E-state index contributed by atoms with van der Waals surface area (Å²) in [6.07, 6.45) is 2.23. The van der Waals surface area contributed by atoms with Crippen LogP contribution in [0.15, 0.2) is 30.3 Å². The average molecular weight is 276 g/mol. The molecule has 1 saturated heterocycles. The van der Waals surface area contributed by atoms with Gasteiger partial charge in [-0.3, -0.25) is 4.90 Å². The van der Waals surface area contributed by atoms with Gasteiger partial charge in [0.25, 0.3) is 0 Å². The monoisotopic (exact) mass is 276 g/mol. The molecule has 0 aromatic heterocycles. The zero-order valence-electron chi connectivity index (χ0n) is 13.1. The maximum Gasteiger partial charge on any atom is 0.0474 e. The summed E-state index contributed by atoms with van der Waals surface area (Å²) in [5.41, 5.74) is 1.64. The van der Waals surface area contributed by atoms with Crippen LogP contribution in [-0.4, -0.2) is 49.8 Å². The summed E-state index contributed by atoms with van der Waals surface area (Å²) in [6.45, 7) is 8.71. The molecule has 3 heteroatoms. The third-order valence-corrected chi connectivity index (χ3v) is 4.04. The van der Waals surface area contributed by atoms with Gasteiger partial charge >= 0.3 is 0 Å². The number of benzene rings is 1. The third kappa shape index (κ3) is 4.58. The lowest BCUT2D eigenvalue weighted by Gasteiger charge is -2.45. The first-order chi connectivity index (χ1) is 9.61. The van der Waals surface area contributed by atoms with Crippen LogP contribution in [-0.2, 0) is 11.2 Å².